The minimum absolute atomic E-state index is 0.0439. The Kier molecular flexibility index (Phi) is 7.05. The van der Waals surface area contributed by atoms with Crippen LogP contribution in [0.4, 0.5) is 0 Å². The zero-order valence-corrected chi connectivity index (χ0v) is 18.5. The van der Waals surface area contributed by atoms with Crippen molar-refractivity contribution in [3.63, 3.8) is 0 Å². The summed E-state index contributed by atoms with van der Waals surface area (Å²) >= 11 is 13.8. The molecule has 0 fully saturated rings. The number of hydrazone groups is 1. The number of hydrogen-bond acceptors (Lipinski definition) is 5. The van der Waals surface area contributed by atoms with Gasteiger partial charge in [-0.15, -0.1) is 0 Å². The summed E-state index contributed by atoms with van der Waals surface area (Å²) < 4.78 is 7.55. The van der Waals surface area contributed by atoms with Crippen LogP contribution < -0.4 is 10.2 Å². The molecule has 2 aromatic carbocycles. The molecule has 6 nitrogen and oxygen atoms in total. The first-order valence-electron chi connectivity index (χ1n) is 8.87. The average Bonchev–Trinajstić information content (AvgIpc) is 2.99. The topological polar surface area (TPSA) is 68.5 Å². The van der Waals surface area contributed by atoms with E-state index < -0.39 is 0 Å². The van der Waals surface area contributed by atoms with Crippen molar-refractivity contribution in [1.82, 2.24) is 15.0 Å². The van der Waals surface area contributed by atoms with Crippen molar-refractivity contribution < 1.29 is 9.53 Å². The second kappa shape index (κ2) is 9.52. The van der Waals surface area contributed by atoms with Crippen LogP contribution in [0.25, 0.3) is 11.0 Å². The van der Waals surface area contributed by atoms with E-state index in [2.05, 4.69) is 15.5 Å². The van der Waals surface area contributed by atoms with Gasteiger partial charge in [-0.1, -0.05) is 47.1 Å². The van der Waals surface area contributed by atoms with Crippen molar-refractivity contribution in [3.8, 4) is 5.75 Å². The third-order valence-corrected chi connectivity index (χ3v) is 5.45. The first kappa shape index (κ1) is 21.5. The standard InChI is InChI=1S/C20H20Cl2N4O2S/c1-12(2)28-19-14(21)8-13(9-15(19)22)10-23-25-18(27)11-29-20-24-16-6-4-5-7-17(16)26(20)3/h4-10,12H,11H2,1-3H3,(H,25,27)/b23-10-. The number of aromatic nitrogens is 2. The number of para-hydroxylation sites is 2. The first-order valence-corrected chi connectivity index (χ1v) is 10.6. The Morgan fingerprint density at radius 3 is 2.66 bits per heavy atom. The van der Waals surface area contributed by atoms with E-state index >= 15 is 0 Å². The zero-order valence-electron chi connectivity index (χ0n) is 16.1. The minimum atomic E-state index is -0.240. The van der Waals surface area contributed by atoms with Crippen LogP contribution in [0.5, 0.6) is 5.75 Å². The third-order valence-electron chi connectivity index (χ3n) is 3.86. The van der Waals surface area contributed by atoms with E-state index in [-0.39, 0.29) is 17.8 Å². The van der Waals surface area contributed by atoms with Crippen LogP contribution in [0.2, 0.25) is 10.0 Å². The fraction of sp³-hybridized carbons (Fsp3) is 0.250. The maximum atomic E-state index is 12.1. The molecule has 1 amide bonds. The van der Waals surface area contributed by atoms with Gasteiger partial charge in [0.2, 0.25) is 0 Å². The number of nitrogens with zero attached hydrogens (tertiary/aromatic N) is 3. The molecule has 0 spiro atoms. The van der Waals surface area contributed by atoms with Gasteiger partial charge in [0, 0.05) is 7.05 Å². The van der Waals surface area contributed by atoms with Gasteiger partial charge in [-0.25, -0.2) is 10.4 Å². The molecule has 0 saturated carbocycles. The van der Waals surface area contributed by atoms with Crippen LogP contribution in [0, 0.1) is 0 Å². The number of carbonyl (C=O) groups excluding carboxylic acids is 1. The van der Waals surface area contributed by atoms with Gasteiger partial charge < -0.3 is 9.30 Å². The molecule has 3 aromatic rings. The van der Waals surface area contributed by atoms with Gasteiger partial charge in [-0.2, -0.15) is 5.10 Å². The molecular weight excluding hydrogens is 431 g/mol. The maximum absolute atomic E-state index is 12.1. The molecule has 152 valence electrons. The van der Waals surface area contributed by atoms with Gasteiger partial charge in [0.05, 0.1) is 39.2 Å². The van der Waals surface area contributed by atoms with Crippen LogP contribution in [0.3, 0.4) is 0 Å². The smallest absolute Gasteiger partial charge is 0.250 e. The molecular formula is C20H20Cl2N4O2S. The number of carbonyl (C=O) groups is 1. The molecule has 0 aliphatic carbocycles. The molecule has 1 N–H and O–H groups in total. The van der Waals surface area contributed by atoms with Crippen LogP contribution in [-0.2, 0) is 11.8 Å². The lowest BCUT2D eigenvalue weighted by atomic mass is 10.2. The third kappa shape index (κ3) is 5.44. The molecule has 3 rings (SSSR count). The molecule has 0 radical (unpaired) electrons. The highest BCUT2D eigenvalue weighted by atomic mass is 35.5. The number of rotatable bonds is 7. The van der Waals surface area contributed by atoms with Gasteiger partial charge in [0.25, 0.3) is 5.91 Å². The zero-order chi connectivity index (χ0) is 21.0. The van der Waals surface area contributed by atoms with Gasteiger partial charge in [0.15, 0.2) is 10.9 Å². The first-order chi connectivity index (χ1) is 13.8. The Labute approximate surface area is 183 Å². The fourth-order valence-electron chi connectivity index (χ4n) is 2.60. The SMILES string of the molecule is CC(C)Oc1c(Cl)cc(/C=N\NC(=O)CSc2nc3ccccc3n2C)cc1Cl. The Morgan fingerprint density at radius 1 is 1.31 bits per heavy atom. The monoisotopic (exact) mass is 450 g/mol. The number of nitrogens with one attached hydrogen (secondary N) is 1. The largest absolute Gasteiger partial charge is 0.488 e. The predicted molar refractivity (Wildman–Crippen MR) is 119 cm³/mol. The lowest BCUT2D eigenvalue weighted by molar-refractivity contribution is -0.118. The quantitative estimate of drug-likeness (QED) is 0.315. The van der Waals surface area contributed by atoms with E-state index in [0.29, 0.717) is 21.4 Å². The van der Waals surface area contributed by atoms with Crippen molar-refractivity contribution in [1.29, 1.82) is 0 Å². The summed E-state index contributed by atoms with van der Waals surface area (Å²) in [5, 5.41) is 5.51. The molecule has 29 heavy (non-hydrogen) atoms. The van der Waals surface area contributed by atoms with E-state index in [0.717, 1.165) is 16.2 Å². The maximum Gasteiger partial charge on any atom is 0.250 e. The molecule has 0 atom stereocenters. The van der Waals surface area contributed by atoms with Crippen LogP contribution in [0.15, 0.2) is 46.7 Å². The Balaban J connectivity index is 1.57. The van der Waals surface area contributed by atoms with Crippen molar-refractivity contribution >= 4 is 58.1 Å². The average molecular weight is 451 g/mol. The van der Waals surface area contributed by atoms with E-state index in [1.54, 1.807) is 12.1 Å². The summed E-state index contributed by atoms with van der Waals surface area (Å²) in [7, 11) is 1.92. The summed E-state index contributed by atoms with van der Waals surface area (Å²) in [4.78, 5) is 16.6. The minimum Gasteiger partial charge on any atom is -0.488 e. The summed E-state index contributed by atoms with van der Waals surface area (Å²) in [6.07, 6.45) is 1.44. The number of halogens is 2. The Bertz CT molecular complexity index is 1040. The molecule has 9 heteroatoms. The lowest BCUT2D eigenvalue weighted by Gasteiger charge is -2.13. The van der Waals surface area contributed by atoms with Crippen molar-refractivity contribution in [2.45, 2.75) is 25.1 Å². The number of imidazole rings is 1. The summed E-state index contributed by atoms with van der Waals surface area (Å²) in [5.74, 6) is 0.385. The van der Waals surface area contributed by atoms with E-state index in [1.165, 1.54) is 18.0 Å². The number of benzene rings is 2. The second-order valence-electron chi connectivity index (χ2n) is 6.50. The van der Waals surface area contributed by atoms with E-state index in [4.69, 9.17) is 27.9 Å². The lowest BCUT2D eigenvalue weighted by Crippen LogP contribution is -2.19. The van der Waals surface area contributed by atoms with E-state index in [9.17, 15) is 4.79 Å². The summed E-state index contributed by atoms with van der Waals surface area (Å²) in [6.45, 7) is 3.78. The molecule has 0 bridgehead atoms. The molecule has 1 heterocycles. The fourth-order valence-corrected chi connectivity index (χ4v) is 3.97. The van der Waals surface area contributed by atoms with E-state index in [1.807, 2.05) is 49.7 Å². The van der Waals surface area contributed by atoms with Gasteiger partial charge >= 0.3 is 0 Å². The predicted octanol–water partition coefficient (Wildman–Crippen LogP) is 4.91. The molecule has 0 aliphatic rings. The number of amides is 1. The van der Waals surface area contributed by atoms with Crippen molar-refractivity contribution in [2.75, 3.05) is 5.75 Å². The van der Waals surface area contributed by atoms with Gasteiger partial charge in [-0.05, 0) is 43.7 Å². The molecule has 0 saturated heterocycles. The number of thioether (sulfide) groups is 1. The highest BCUT2D eigenvalue weighted by Crippen LogP contribution is 2.34. The molecule has 0 unspecified atom stereocenters. The van der Waals surface area contributed by atoms with Crippen LogP contribution in [-0.4, -0.2) is 33.5 Å². The number of fused-ring (bicyclic) bond motifs is 1. The molecule has 0 aliphatic heterocycles. The summed E-state index contributed by atoms with van der Waals surface area (Å²) in [6, 6.07) is 11.2. The number of ether oxygens (including phenoxy) is 1. The van der Waals surface area contributed by atoms with Gasteiger partial charge in [-0.3, -0.25) is 4.79 Å². The van der Waals surface area contributed by atoms with Crippen LogP contribution >= 0.6 is 35.0 Å². The normalized spacial score (nSPS) is 11.5. The highest BCUT2D eigenvalue weighted by Gasteiger charge is 2.12. The highest BCUT2D eigenvalue weighted by molar-refractivity contribution is 7.99. The summed E-state index contributed by atoms with van der Waals surface area (Å²) in [5.41, 5.74) is 5.07. The van der Waals surface area contributed by atoms with Crippen LogP contribution in [0.1, 0.15) is 19.4 Å². The molecule has 1 aromatic heterocycles. The Hall–Kier alpha value is -2.22. The number of aryl methyl sites for hydroxylation is 1. The van der Waals surface area contributed by atoms with Crippen molar-refractivity contribution in [3.05, 3.63) is 52.0 Å². The van der Waals surface area contributed by atoms with Gasteiger partial charge in [0.1, 0.15) is 0 Å². The Morgan fingerprint density at radius 2 is 2.00 bits per heavy atom. The second-order valence-corrected chi connectivity index (χ2v) is 8.26. The van der Waals surface area contributed by atoms with Crippen molar-refractivity contribution in [2.24, 2.45) is 12.1 Å². The number of hydrogen-bond donors (Lipinski definition) is 1.